The molecule has 0 radical (unpaired) electrons. The van der Waals surface area contributed by atoms with Crippen molar-refractivity contribution in [1.29, 1.82) is 0 Å². The van der Waals surface area contributed by atoms with E-state index in [1.54, 1.807) is 0 Å². The zero-order valence-corrected chi connectivity index (χ0v) is 14.8. The molecule has 0 unspecified atom stereocenters. The van der Waals surface area contributed by atoms with Gasteiger partial charge in [-0.2, -0.15) is 0 Å². The summed E-state index contributed by atoms with van der Waals surface area (Å²) in [6.45, 7) is 1.39. The van der Waals surface area contributed by atoms with Gasteiger partial charge in [0.2, 0.25) is 5.91 Å². The van der Waals surface area contributed by atoms with Crippen LogP contribution in [0, 0.1) is 0 Å². The van der Waals surface area contributed by atoms with E-state index < -0.39 is 5.54 Å². The van der Waals surface area contributed by atoms with Crippen LogP contribution in [0.5, 0.6) is 0 Å². The maximum Gasteiger partial charge on any atom is 0.205 e. The molecule has 0 aromatic carbocycles. The van der Waals surface area contributed by atoms with Crippen molar-refractivity contribution in [2.45, 2.75) is 37.3 Å². The van der Waals surface area contributed by atoms with Crippen molar-refractivity contribution in [2.24, 2.45) is 0 Å². The quantitative estimate of drug-likeness (QED) is 0.551. The molecule has 5 heteroatoms. The second kappa shape index (κ2) is 3.64. The topological polar surface area (TPSA) is 63.4 Å². The average Bonchev–Trinajstić information content (AvgIpc) is 2.15. The fraction of sp³-hybridized carbons (Fsp3) is 0.889. The second-order valence-electron chi connectivity index (χ2n) is 3.90. The number of nitrogens with one attached hydrogen (secondary N) is 1. The molecule has 0 bridgehead atoms. The Labute approximate surface area is 77.7 Å². The molecule has 0 atom stereocenters. The first-order valence-corrected chi connectivity index (χ1v) is 4.88. The molecule has 2 aliphatic rings. The number of piperazine rings is 1. The number of aliphatic hydroxyl groups excluding tert-OH is 1. The molecule has 14 heavy (non-hydrogen) atoms. The summed E-state index contributed by atoms with van der Waals surface area (Å²) in [5, 5.41) is 16.6. The summed E-state index contributed by atoms with van der Waals surface area (Å²) in [5.74, 6) is 0.0608. The van der Waals surface area contributed by atoms with E-state index in [9.17, 15) is 9.90 Å². The molecular formula is C9H15N2O2Sg-. The Morgan fingerprint density at radius 1 is 1.43 bits per heavy atom. The SMILES string of the molecule is O=C1NCC[N-]C12CCC(O)CC2.[Sg]. The number of rotatable bonds is 0. The first-order chi connectivity index (χ1) is 6.23. The standard InChI is InChI=1S/C9H15N2O2.Sg/c12-7-1-3-9(4-2-7)8(13)10-5-6-11-9;/h7,12H,1-6H2,(H,10,13);/q-1;. The summed E-state index contributed by atoms with van der Waals surface area (Å²) in [7, 11) is 0. The zero-order chi connectivity index (χ0) is 9.31. The Hall–Kier alpha value is -1.61. The Morgan fingerprint density at radius 3 is 2.64 bits per heavy atom. The molecule has 2 rings (SSSR count). The molecule has 1 aliphatic carbocycles. The summed E-state index contributed by atoms with van der Waals surface area (Å²) in [6, 6.07) is 0. The van der Waals surface area contributed by atoms with Gasteiger partial charge in [0.1, 0.15) is 0 Å². The third-order valence-electron chi connectivity index (χ3n) is 3.02. The molecule has 76 valence electrons. The van der Waals surface area contributed by atoms with E-state index in [-0.39, 0.29) is 12.0 Å². The largest absolute Gasteiger partial charge is 0.647 e. The molecule has 1 saturated carbocycles. The van der Waals surface area contributed by atoms with E-state index in [4.69, 9.17) is 0 Å². The van der Waals surface area contributed by atoms with Crippen LogP contribution in [0.1, 0.15) is 25.7 Å². The van der Waals surface area contributed by atoms with E-state index in [0.717, 1.165) is 6.54 Å². The van der Waals surface area contributed by atoms with Crippen LogP contribution in [0.3, 0.4) is 0 Å². The summed E-state index contributed by atoms with van der Waals surface area (Å²) < 4.78 is 0. The number of nitrogens with zero attached hydrogens (tertiary/aromatic N) is 1. The molecule has 1 aliphatic heterocycles. The Balaban J connectivity index is 0.000000980. The van der Waals surface area contributed by atoms with E-state index in [1.165, 1.54) is 0 Å². The molecule has 1 heterocycles. The summed E-state index contributed by atoms with van der Waals surface area (Å²) in [4.78, 5) is 11.6. The Bertz CT molecular complexity index is 215. The van der Waals surface area contributed by atoms with Crippen molar-refractivity contribution >= 4 is 5.91 Å². The molecule has 0 aromatic rings. The van der Waals surface area contributed by atoms with Crippen LogP contribution in [0.25, 0.3) is 5.32 Å². The van der Waals surface area contributed by atoms with Gasteiger partial charge in [0.15, 0.2) is 0 Å². The Morgan fingerprint density at radius 2 is 2.07 bits per heavy atom. The van der Waals surface area contributed by atoms with Gasteiger partial charge in [0.25, 0.3) is 0 Å². The fourth-order valence-electron chi connectivity index (χ4n) is 2.14. The maximum absolute atomic E-state index is 11.6. The number of aliphatic hydroxyl groups is 1. The number of carbonyl (C=O) groups excluding carboxylic acids is 1. The van der Waals surface area contributed by atoms with Crippen LogP contribution < -0.4 is 5.32 Å². The van der Waals surface area contributed by atoms with Gasteiger partial charge < -0.3 is 15.7 Å². The number of carbonyl (C=O) groups is 1. The van der Waals surface area contributed by atoms with Crippen LogP contribution >= 0.6 is 0 Å². The van der Waals surface area contributed by atoms with Gasteiger partial charge in [-0.3, -0.25) is 4.79 Å². The third-order valence-corrected chi connectivity index (χ3v) is 3.02. The second-order valence-corrected chi connectivity index (χ2v) is 3.90. The van der Waals surface area contributed by atoms with Gasteiger partial charge in [0, 0.05) is 0 Å². The minimum absolute atomic E-state index is 0. The smallest absolute Gasteiger partial charge is 0.205 e. The number of amides is 1. The minimum Gasteiger partial charge on any atom is -0.647 e. The summed E-state index contributed by atoms with van der Waals surface area (Å²) >= 11 is 0. The van der Waals surface area contributed by atoms with Crippen molar-refractivity contribution in [3.05, 3.63) is 5.32 Å². The molecule has 1 saturated heterocycles. The molecule has 2 fully saturated rings. The monoisotopic (exact) mass is 454 g/mol. The van der Waals surface area contributed by atoms with Gasteiger partial charge in [0.05, 0.1) is 6.10 Å². The molecular weight excluding hydrogens is 437 g/mol. The number of hydrogen-bond acceptors (Lipinski definition) is 2. The fourth-order valence-corrected chi connectivity index (χ4v) is 2.14. The van der Waals surface area contributed by atoms with Crippen molar-refractivity contribution < 1.29 is 9.90 Å². The molecule has 2 N–H and O–H groups in total. The summed E-state index contributed by atoms with van der Waals surface area (Å²) in [6.07, 6.45) is 2.60. The van der Waals surface area contributed by atoms with Gasteiger partial charge in [-0.15, -0.1) is 6.54 Å². The van der Waals surface area contributed by atoms with Crippen LogP contribution in [0.15, 0.2) is 0 Å². The predicted molar refractivity (Wildman–Crippen MR) is 48.4 cm³/mol. The summed E-state index contributed by atoms with van der Waals surface area (Å²) in [5.41, 5.74) is -0.489. The average molecular weight is 452 g/mol. The molecule has 1 amide bonds. The first kappa shape index (κ1) is 10.5. The van der Waals surface area contributed by atoms with Crippen LogP contribution in [-0.4, -0.2) is 35.7 Å². The van der Waals surface area contributed by atoms with E-state index in [0.29, 0.717) is 32.2 Å². The minimum atomic E-state index is -0.489. The predicted octanol–water partition coefficient (Wildman–Crippen LogP) is 0.164. The van der Waals surface area contributed by atoms with E-state index in [2.05, 4.69) is 10.6 Å². The van der Waals surface area contributed by atoms with E-state index in [1.807, 2.05) is 0 Å². The van der Waals surface area contributed by atoms with Gasteiger partial charge in [-0.05, 0) is 24.9 Å². The third kappa shape index (κ3) is 1.54. The van der Waals surface area contributed by atoms with Crippen LogP contribution in [0.4, 0.5) is 0 Å². The normalized spacial score (nSPS) is 37.5. The van der Waals surface area contributed by atoms with Gasteiger partial charge in [-0.1, -0.05) is 12.8 Å². The van der Waals surface area contributed by atoms with Gasteiger partial charge in [-0.25, -0.2) is 0 Å². The number of hydrogen-bond donors (Lipinski definition) is 2. The van der Waals surface area contributed by atoms with Crippen molar-refractivity contribution in [3.63, 3.8) is 0 Å². The maximum atomic E-state index is 11.6. The molecule has 4 nitrogen and oxygen atoms in total. The van der Waals surface area contributed by atoms with Crippen molar-refractivity contribution in [1.82, 2.24) is 5.32 Å². The zero-order valence-electron chi connectivity index (χ0n) is 8.33. The van der Waals surface area contributed by atoms with E-state index >= 15 is 0 Å². The van der Waals surface area contributed by atoms with Crippen molar-refractivity contribution in [2.75, 3.05) is 13.1 Å². The van der Waals surface area contributed by atoms with Gasteiger partial charge >= 0.3 is 0 Å². The molecule has 1 spiro atoms. The van der Waals surface area contributed by atoms with Crippen molar-refractivity contribution in [3.8, 4) is 0 Å². The first-order valence-electron chi connectivity index (χ1n) is 4.88. The van der Waals surface area contributed by atoms with Crippen LogP contribution in [-0.2, 0) is 4.79 Å². The Kier molecular flexibility index (Phi) is 2.72. The van der Waals surface area contributed by atoms with Crippen LogP contribution in [0.2, 0.25) is 0 Å². The molecule has 0 aromatic heterocycles.